The smallest absolute Gasteiger partial charge is 0.0263 e. The summed E-state index contributed by atoms with van der Waals surface area (Å²) in [6.45, 7) is 17.2. The molecule has 2 heteroatoms. The molecule has 1 aliphatic rings. The summed E-state index contributed by atoms with van der Waals surface area (Å²) in [6, 6.07) is 0. The van der Waals surface area contributed by atoms with Crippen LogP contribution in [0.3, 0.4) is 0 Å². The second-order valence-electron chi connectivity index (χ2n) is 7.68. The van der Waals surface area contributed by atoms with Crippen LogP contribution < -0.4 is 0 Å². The molecule has 0 bridgehead atoms. The van der Waals surface area contributed by atoms with Gasteiger partial charge in [0, 0.05) is 7.35 Å². The van der Waals surface area contributed by atoms with Crippen LogP contribution in [-0.2, 0) is 0 Å². The van der Waals surface area contributed by atoms with Crippen LogP contribution in [0.2, 0.25) is 0 Å². The molecule has 0 radical (unpaired) electrons. The van der Waals surface area contributed by atoms with Crippen LogP contribution in [0, 0.1) is 29.1 Å². The third-order valence-electron chi connectivity index (χ3n) is 6.27. The minimum Gasteiger partial charge on any atom is -0.0823 e. The minimum absolute atomic E-state index is 0.493. The van der Waals surface area contributed by atoms with E-state index in [0.717, 1.165) is 27.6 Å². The molecular weight excluding hydrogens is 458 g/mol. The molecule has 0 N–H and O–H groups in total. The van der Waals surface area contributed by atoms with Crippen LogP contribution in [0.4, 0.5) is 0 Å². The van der Waals surface area contributed by atoms with Crippen LogP contribution in [0.5, 0.6) is 0 Å². The molecule has 1 aliphatic carbocycles. The van der Waals surface area contributed by atoms with E-state index in [2.05, 4.69) is 93.6 Å². The number of halogens is 2. The lowest BCUT2D eigenvalue weighted by molar-refractivity contribution is -0.00786. The van der Waals surface area contributed by atoms with E-state index in [0.29, 0.717) is 8.84 Å². The molecule has 19 heavy (non-hydrogen) atoms. The molecule has 4 unspecified atom stereocenters. The Balaban J connectivity index is 2.98. The molecule has 0 aromatic heterocycles. The first-order valence-electron chi connectivity index (χ1n) is 7.88. The minimum atomic E-state index is 0.493. The van der Waals surface area contributed by atoms with Gasteiger partial charge in [-0.3, -0.25) is 0 Å². The molecule has 0 nitrogen and oxygen atoms in total. The van der Waals surface area contributed by atoms with Crippen molar-refractivity contribution in [2.45, 2.75) is 75.1 Å². The molecule has 0 saturated heterocycles. The first kappa shape index (κ1) is 18.5. The lowest BCUT2D eigenvalue weighted by Crippen LogP contribution is -2.52. The van der Waals surface area contributed by atoms with E-state index in [9.17, 15) is 0 Å². The highest BCUT2D eigenvalue weighted by Crippen LogP contribution is 2.58. The standard InChI is InChI=1S/C17H32I2/c1-11(2)15(18)10-17(19)9-8-13(5)16(7,12(3)4)14(17)6/h11-15H,8-10H2,1-7H3/t13-,14?,15?,16?,17?/m1/s1. The molecular formula is C17H32I2. The third-order valence-corrected chi connectivity index (χ3v) is 10.1. The predicted molar refractivity (Wildman–Crippen MR) is 105 cm³/mol. The van der Waals surface area contributed by atoms with Crippen molar-refractivity contribution < 1.29 is 0 Å². The maximum atomic E-state index is 2.83. The van der Waals surface area contributed by atoms with Gasteiger partial charge in [0.2, 0.25) is 0 Å². The van der Waals surface area contributed by atoms with Crippen molar-refractivity contribution >= 4 is 45.2 Å². The Morgan fingerprint density at radius 3 is 2.11 bits per heavy atom. The normalized spacial score (nSPS) is 41.8. The van der Waals surface area contributed by atoms with Crippen LogP contribution in [-0.4, -0.2) is 7.35 Å². The summed E-state index contributed by atoms with van der Waals surface area (Å²) in [6.07, 6.45) is 4.19. The fourth-order valence-corrected chi connectivity index (χ4v) is 6.96. The predicted octanol–water partition coefficient (Wildman–Crippen LogP) is 6.74. The summed E-state index contributed by atoms with van der Waals surface area (Å²) in [5, 5.41) is 0. The third kappa shape index (κ3) is 3.62. The average molecular weight is 490 g/mol. The zero-order chi connectivity index (χ0) is 15.0. The van der Waals surface area contributed by atoms with Crippen molar-refractivity contribution in [3.05, 3.63) is 0 Å². The molecule has 1 rings (SSSR count). The van der Waals surface area contributed by atoms with Gasteiger partial charge in [-0.25, -0.2) is 0 Å². The Bertz CT molecular complexity index is 300. The fourth-order valence-electron chi connectivity index (χ4n) is 3.88. The molecule has 0 aliphatic heterocycles. The van der Waals surface area contributed by atoms with E-state index in [4.69, 9.17) is 0 Å². The van der Waals surface area contributed by atoms with E-state index in [1.54, 1.807) is 0 Å². The van der Waals surface area contributed by atoms with Gasteiger partial charge in [-0.15, -0.1) is 0 Å². The molecule has 0 aromatic rings. The lowest BCUT2D eigenvalue weighted by atomic mass is 9.53. The zero-order valence-electron chi connectivity index (χ0n) is 13.8. The Morgan fingerprint density at radius 2 is 1.68 bits per heavy atom. The average Bonchev–Trinajstić information content (AvgIpc) is 2.31. The van der Waals surface area contributed by atoms with Crippen LogP contribution in [0.15, 0.2) is 0 Å². The van der Waals surface area contributed by atoms with E-state index in [1.165, 1.54) is 19.3 Å². The van der Waals surface area contributed by atoms with E-state index in [1.807, 2.05) is 0 Å². The Hall–Kier alpha value is 1.46. The van der Waals surface area contributed by atoms with Crippen LogP contribution in [0.25, 0.3) is 0 Å². The largest absolute Gasteiger partial charge is 0.0823 e. The molecule has 0 spiro atoms. The zero-order valence-corrected chi connectivity index (χ0v) is 18.1. The van der Waals surface area contributed by atoms with Crippen molar-refractivity contribution in [1.29, 1.82) is 0 Å². The van der Waals surface area contributed by atoms with E-state index < -0.39 is 0 Å². The highest BCUT2D eigenvalue weighted by molar-refractivity contribution is 14.1. The van der Waals surface area contributed by atoms with Crippen LogP contribution >= 0.6 is 45.2 Å². The topological polar surface area (TPSA) is 0 Å². The first-order chi connectivity index (χ1) is 8.55. The number of hydrogen-bond acceptors (Lipinski definition) is 0. The van der Waals surface area contributed by atoms with Gasteiger partial charge in [0.25, 0.3) is 0 Å². The van der Waals surface area contributed by atoms with E-state index in [-0.39, 0.29) is 0 Å². The summed E-state index contributed by atoms with van der Waals surface area (Å²) in [5.41, 5.74) is 0.493. The molecule has 0 heterocycles. The molecule has 1 fully saturated rings. The lowest BCUT2D eigenvalue weighted by Gasteiger charge is -2.56. The Morgan fingerprint density at radius 1 is 1.16 bits per heavy atom. The van der Waals surface area contributed by atoms with Crippen molar-refractivity contribution in [3.8, 4) is 0 Å². The van der Waals surface area contributed by atoms with Gasteiger partial charge in [-0.05, 0) is 48.3 Å². The molecule has 5 atom stereocenters. The second kappa shape index (κ2) is 6.70. The van der Waals surface area contributed by atoms with Crippen molar-refractivity contribution in [3.63, 3.8) is 0 Å². The molecule has 0 amide bonds. The summed E-state index contributed by atoms with van der Waals surface area (Å²) in [5.74, 6) is 3.24. The number of alkyl halides is 2. The number of rotatable bonds is 4. The summed E-state index contributed by atoms with van der Waals surface area (Å²) < 4.78 is 1.31. The monoisotopic (exact) mass is 490 g/mol. The van der Waals surface area contributed by atoms with Gasteiger partial charge < -0.3 is 0 Å². The van der Waals surface area contributed by atoms with Gasteiger partial charge in [0.15, 0.2) is 0 Å². The summed E-state index contributed by atoms with van der Waals surface area (Å²) in [4.78, 5) is 0. The highest BCUT2D eigenvalue weighted by atomic mass is 127. The van der Waals surface area contributed by atoms with Gasteiger partial charge >= 0.3 is 0 Å². The van der Waals surface area contributed by atoms with Gasteiger partial charge in [-0.1, -0.05) is 93.6 Å². The Labute approximate surface area is 148 Å². The molecule has 114 valence electrons. The van der Waals surface area contributed by atoms with E-state index >= 15 is 0 Å². The van der Waals surface area contributed by atoms with Gasteiger partial charge in [0.1, 0.15) is 0 Å². The summed E-state index contributed by atoms with van der Waals surface area (Å²) in [7, 11) is 0. The first-order valence-corrected chi connectivity index (χ1v) is 10.2. The summed E-state index contributed by atoms with van der Waals surface area (Å²) >= 11 is 5.51. The molecule has 1 saturated carbocycles. The van der Waals surface area contributed by atoms with Gasteiger partial charge in [0.05, 0.1) is 0 Å². The SMILES string of the molecule is CC(C)C(I)CC1(I)CC[C@@H](C)C(C)(C(C)C)C1C. The van der Waals surface area contributed by atoms with Crippen molar-refractivity contribution in [1.82, 2.24) is 0 Å². The Kier molecular flexibility index (Phi) is 6.53. The highest BCUT2D eigenvalue weighted by Gasteiger charge is 2.52. The second-order valence-corrected chi connectivity index (χ2v) is 11.4. The molecule has 0 aromatic carbocycles. The van der Waals surface area contributed by atoms with Crippen molar-refractivity contribution in [2.75, 3.05) is 0 Å². The number of hydrogen-bond donors (Lipinski definition) is 0. The van der Waals surface area contributed by atoms with Gasteiger partial charge in [-0.2, -0.15) is 0 Å². The van der Waals surface area contributed by atoms with Crippen LogP contribution in [0.1, 0.15) is 67.7 Å². The maximum Gasteiger partial charge on any atom is 0.0263 e. The fraction of sp³-hybridized carbons (Fsp3) is 1.00. The van der Waals surface area contributed by atoms with Crippen molar-refractivity contribution in [2.24, 2.45) is 29.1 Å². The maximum absolute atomic E-state index is 2.83. The quantitative estimate of drug-likeness (QED) is 0.303.